The fraction of sp³-hybridized carbons (Fsp3) is 0.256. The summed E-state index contributed by atoms with van der Waals surface area (Å²) in [6.45, 7) is 8.07. The predicted octanol–water partition coefficient (Wildman–Crippen LogP) is 10.0. The number of aromatic nitrogens is 3. The maximum atomic E-state index is 11.7. The van der Waals surface area contributed by atoms with Crippen molar-refractivity contribution in [1.29, 1.82) is 0 Å². The number of carbonyl (C=O) groups excluding carboxylic acids is 1. The van der Waals surface area contributed by atoms with E-state index in [2.05, 4.69) is 88.4 Å². The Morgan fingerprint density at radius 2 is 1.56 bits per heavy atom. The Labute approximate surface area is 278 Å². The number of ketones is 1. The van der Waals surface area contributed by atoms with E-state index in [0.29, 0.717) is 0 Å². The van der Waals surface area contributed by atoms with Crippen molar-refractivity contribution in [3.63, 3.8) is 0 Å². The minimum atomic E-state index is 0. The number of aliphatic hydroxyl groups excluding tert-OH is 1. The Balaban J connectivity index is 0.000000217. The van der Waals surface area contributed by atoms with Crippen LogP contribution in [0.3, 0.4) is 0 Å². The van der Waals surface area contributed by atoms with Gasteiger partial charge in [-0.2, -0.15) is 0 Å². The van der Waals surface area contributed by atoms with Crippen LogP contribution in [0.15, 0.2) is 97.2 Å². The van der Waals surface area contributed by atoms with E-state index in [4.69, 9.17) is 4.98 Å². The molecule has 0 saturated heterocycles. The molecule has 0 fully saturated rings. The summed E-state index contributed by atoms with van der Waals surface area (Å²) in [5.41, 5.74) is 7.66. The first-order valence-electron chi connectivity index (χ1n) is 15.7. The summed E-state index contributed by atoms with van der Waals surface area (Å²) in [4.78, 5) is 20.8. The fourth-order valence-electron chi connectivity index (χ4n) is 6.50. The molecule has 6 heteroatoms. The van der Waals surface area contributed by atoms with Gasteiger partial charge in [0.2, 0.25) is 0 Å². The molecule has 1 radical (unpaired) electrons. The van der Waals surface area contributed by atoms with Gasteiger partial charge >= 0.3 is 0 Å². The van der Waals surface area contributed by atoms with Crippen molar-refractivity contribution in [2.75, 3.05) is 0 Å². The predicted molar refractivity (Wildman–Crippen MR) is 181 cm³/mol. The van der Waals surface area contributed by atoms with Crippen LogP contribution in [0.5, 0.6) is 0 Å². The number of hydrogen-bond donors (Lipinski definition) is 1. The molecule has 231 valence electrons. The normalized spacial score (nSPS) is 12.0. The molecular weight excluding hydrogens is 735 g/mol. The number of aliphatic hydroxyl groups is 1. The molecule has 0 saturated carbocycles. The molecule has 0 amide bonds. The molecule has 45 heavy (non-hydrogen) atoms. The van der Waals surface area contributed by atoms with E-state index < -0.39 is 0 Å². The Kier molecular flexibility index (Phi) is 9.96. The molecule has 0 unspecified atom stereocenters. The Bertz CT molecular complexity index is 2020. The fourth-order valence-corrected chi connectivity index (χ4v) is 6.50. The van der Waals surface area contributed by atoms with Crippen molar-refractivity contribution >= 4 is 38.4 Å². The third-order valence-electron chi connectivity index (χ3n) is 9.03. The molecule has 6 aromatic rings. The molecule has 3 heterocycles. The Morgan fingerprint density at radius 3 is 2.31 bits per heavy atom. The smallest absolute Gasteiger partial charge is 0.162 e. The third-order valence-corrected chi connectivity index (χ3v) is 9.03. The molecule has 1 aliphatic heterocycles. The Morgan fingerprint density at radius 1 is 0.867 bits per heavy atom. The van der Waals surface area contributed by atoms with E-state index in [9.17, 15) is 9.90 Å². The molecular formula is C39H38IrN3O2-. The van der Waals surface area contributed by atoms with Crippen LogP contribution in [-0.2, 0) is 24.9 Å². The van der Waals surface area contributed by atoms with E-state index >= 15 is 0 Å². The van der Waals surface area contributed by atoms with Crippen LogP contribution < -0.4 is 0 Å². The van der Waals surface area contributed by atoms with Crippen molar-refractivity contribution in [2.24, 2.45) is 11.8 Å². The molecule has 0 spiro atoms. The second kappa shape index (κ2) is 13.9. The van der Waals surface area contributed by atoms with Gasteiger partial charge in [0.1, 0.15) is 6.33 Å². The van der Waals surface area contributed by atoms with Crippen LogP contribution in [0, 0.1) is 17.9 Å². The molecule has 0 atom stereocenters. The summed E-state index contributed by atoms with van der Waals surface area (Å²) < 4.78 is 2.37. The average molecular weight is 773 g/mol. The van der Waals surface area contributed by atoms with Gasteiger partial charge in [-0.25, -0.2) is 4.98 Å². The zero-order valence-electron chi connectivity index (χ0n) is 26.2. The topological polar surface area (TPSA) is 68.0 Å². The van der Waals surface area contributed by atoms with Crippen molar-refractivity contribution in [3.05, 3.63) is 103 Å². The molecule has 0 bridgehead atoms. The monoisotopic (exact) mass is 773 g/mol. The van der Waals surface area contributed by atoms with Crippen LogP contribution in [0.4, 0.5) is 0 Å². The molecule has 1 N–H and O–H groups in total. The SMILES string of the molecule is CCC(CC)C(=O)/C=C(\O)C(CC)CC.[Ir].[c-]1c2c(cc3ccccc13)-n1c3ccccc3c3cccc(c31)-c1cncnc1-2. The van der Waals surface area contributed by atoms with Gasteiger partial charge in [-0.15, -0.1) is 17.5 Å². The zero-order valence-corrected chi connectivity index (χ0v) is 28.6. The number of fused-ring (bicyclic) bond motifs is 9. The van der Waals surface area contributed by atoms with Crippen LogP contribution in [0.2, 0.25) is 0 Å². The summed E-state index contributed by atoms with van der Waals surface area (Å²) in [6, 6.07) is 29.4. The Hall–Kier alpha value is -4.12. The van der Waals surface area contributed by atoms with Crippen molar-refractivity contribution in [2.45, 2.75) is 53.4 Å². The van der Waals surface area contributed by atoms with Crippen molar-refractivity contribution < 1.29 is 30.0 Å². The van der Waals surface area contributed by atoms with E-state index in [-0.39, 0.29) is 43.5 Å². The molecule has 5 nitrogen and oxygen atoms in total. The van der Waals surface area contributed by atoms with Crippen LogP contribution >= 0.6 is 0 Å². The summed E-state index contributed by atoms with van der Waals surface area (Å²) in [5, 5.41) is 14.5. The summed E-state index contributed by atoms with van der Waals surface area (Å²) in [6.07, 6.45) is 8.46. The second-order valence-electron chi connectivity index (χ2n) is 11.5. The molecule has 1 aliphatic rings. The first kappa shape index (κ1) is 32.3. The molecule has 4 aromatic carbocycles. The van der Waals surface area contributed by atoms with Crippen LogP contribution in [0.25, 0.3) is 60.6 Å². The van der Waals surface area contributed by atoms with E-state index in [1.165, 1.54) is 33.3 Å². The number of nitrogens with zero attached hydrogens (tertiary/aromatic N) is 3. The van der Waals surface area contributed by atoms with Gasteiger partial charge in [0.15, 0.2) is 5.78 Å². The number of allylic oxidation sites excluding steroid dienone is 2. The molecule has 0 aliphatic carbocycles. The third kappa shape index (κ3) is 5.85. The average Bonchev–Trinajstić information content (AvgIpc) is 3.34. The molecule has 2 aromatic heterocycles. The second-order valence-corrected chi connectivity index (χ2v) is 11.5. The van der Waals surface area contributed by atoms with Gasteiger partial charge in [-0.3, -0.25) is 9.78 Å². The number of rotatable bonds is 7. The number of carbonyl (C=O) groups is 1. The molecule has 7 rings (SSSR count). The zero-order chi connectivity index (χ0) is 30.8. The number of benzene rings is 4. The maximum absolute atomic E-state index is 11.7. The van der Waals surface area contributed by atoms with Gasteiger partial charge in [0.05, 0.1) is 11.3 Å². The van der Waals surface area contributed by atoms with Gasteiger partial charge in [0.25, 0.3) is 0 Å². The number of hydrogen-bond acceptors (Lipinski definition) is 4. The largest absolute Gasteiger partial charge is 0.512 e. The minimum Gasteiger partial charge on any atom is -0.512 e. The van der Waals surface area contributed by atoms with Gasteiger partial charge in [0, 0.05) is 71.8 Å². The standard InChI is InChI=1S/C26H14N3.C13H24O2.Ir/c1-2-7-17-13-24-21(12-16(17)6-1)25-22(14-27-15-28-25)20-10-5-9-19-18-8-3-4-11-23(18)29(24)26(19)20;1-5-10(6-2)12(14)9-13(15)11(7-3)8-4;/h1-11,13-15H;9-11,14H,5-8H2,1-4H3;/q-1;;/b;12-9-;. The van der Waals surface area contributed by atoms with Gasteiger partial charge < -0.3 is 9.67 Å². The number of para-hydroxylation sites is 2. The summed E-state index contributed by atoms with van der Waals surface area (Å²) >= 11 is 0. The first-order valence-corrected chi connectivity index (χ1v) is 15.7. The van der Waals surface area contributed by atoms with E-state index in [1.54, 1.807) is 6.33 Å². The summed E-state index contributed by atoms with van der Waals surface area (Å²) in [7, 11) is 0. The van der Waals surface area contributed by atoms with Crippen LogP contribution in [0.1, 0.15) is 53.4 Å². The van der Waals surface area contributed by atoms with E-state index in [0.717, 1.165) is 59.1 Å². The summed E-state index contributed by atoms with van der Waals surface area (Å²) in [5.74, 6) is 0.547. The maximum Gasteiger partial charge on any atom is 0.162 e. The quantitative estimate of drug-likeness (QED) is 0.0996. The first-order chi connectivity index (χ1) is 21.5. The van der Waals surface area contributed by atoms with Crippen molar-refractivity contribution in [1.82, 2.24) is 14.5 Å². The van der Waals surface area contributed by atoms with Gasteiger partial charge in [-0.1, -0.05) is 99.3 Å². The van der Waals surface area contributed by atoms with Gasteiger partial charge in [-0.05, 0) is 43.0 Å². The minimum absolute atomic E-state index is 0. The van der Waals surface area contributed by atoms with E-state index in [1.807, 2.05) is 33.9 Å². The van der Waals surface area contributed by atoms with Crippen LogP contribution in [-0.4, -0.2) is 25.4 Å². The van der Waals surface area contributed by atoms with Crippen molar-refractivity contribution in [3.8, 4) is 28.1 Å².